The molecule has 5 heteroatoms. The summed E-state index contributed by atoms with van der Waals surface area (Å²) in [7, 11) is 0. The van der Waals surface area contributed by atoms with Crippen LogP contribution in [0.15, 0.2) is 18.2 Å². The average Bonchev–Trinajstić information content (AvgIpc) is 2.47. The summed E-state index contributed by atoms with van der Waals surface area (Å²) in [5, 5.41) is 0. The molecule has 1 aromatic carbocycles. The van der Waals surface area contributed by atoms with Crippen LogP contribution in [0.3, 0.4) is 0 Å². The van der Waals surface area contributed by atoms with Crippen molar-refractivity contribution in [2.75, 3.05) is 39.5 Å². The second kappa shape index (κ2) is 5.77. The highest BCUT2D eigenvalue weighted by atomic mass is 16.6. The molecule has 2 aliphatic rings. The van der Waals surface area contributed by atoms with E-state index < -0.39 is 0 Å². The molecule has 0 bridgehead atoms. The van der Waals surface area contributed by atoms with Gasteiger partial charge in [-0.1, -0.05) is 6.07 Å². The van der Waals surface area contributed by atoms with Crippen molar-refractivity contribution >= 4 is 0 Å². The summed E-state index contributed by atoms with van der Waals surface area (Å²) in [6.45, 7) is 5.34. The number of benzene rings is 1. The monoisotopic (exact) mass is 264 g/mol. The average molecular weight is 264 g/mol. The summed E-state index contributed by atoms with van der Waals surface area (Å²) in [4.78, 5) is 2.37. The maximum atomic E-state index is 5.66. The van der Waals surface area contributed by atoms with E-state index in [4.69, 9.17) is 19.9 Å². The topological polar surface area (TPSA) is 57.0 Å². The van der Waals surface area contributed by atoms with Gasteiger partial charge in [0.15, 0.2) is 11.5 Å². The summed E-state index contributed by atoms with van der Waals surface area (Å²) in [5.41, 5.74) is 6.90. The van der Waals surface area contributed by atoms with E-state index >= 15 is 0 Å². The Bertz CT molecular complexity index is 439. The largest absolute Gasteiger partial charge is 0.486 e. The van der Waals surface area contributed by atoms with E-state index in [0.29, 0.717) is 19.8 Å². The van der Waals surface area contributed by atoms with Crippen LogP contribution in [-0.2, 0) is 11.3 Å². The molecule has 0 aromatic heterocycles. The molecule has 1 saturated heterocycles. The maximum Gasteiger partial charge on any atom is 0.161 e. The predicted octanol–water partition coefficient (Wildman–Crippen LogP) is 0.617. The molecule has 0 amide bonds. The van der Waals surface area contributed by atoms with Crippen molar-refractivity contribution in [1.82, 2.24) is 4.90 Å². The SMILES string of the molecule is NCC1CN(Cc2ccc3c(c2)OCCO3)CCO1. The van der Waals surface area contributed by atoms with E-state index in [9.17, 15) is 0 Å². The van der Waals surface area contributed by atoms with Crippen molar-refractivity contribution in [3.8, 4) is 11.5 Å². The molecule has 1 unspecified atom stereocenters. The Kier molecular flexibility index (Phi) is 3.87. The van der Waals surface area contributed by atoms with Crippen LogP contribution in [0.25, 0.3) is 0 Å². The van der Waals surface area contributed by atoms with Gasteiger partial charge in [0.1, 0.15) is 13.2 Å². The molecule has 2 aliphatic heterocycles. The third-order valence-electron chi connectivity index (χ3n) is 3.50. The molecular weight excluding hydrogens is 244 g/mol. The van der Waals surface area contributed by atoms with Gasteiger partial charge in [0.2, 0.25) is 0 Å². The third-order valence-corrected chi connectivity index (χ3v) is 3.50. The lowest BCUT2D eigenvalue weighted by Crippen LogP contribution is -2.45. The second-order valence-corrected chi connectivity index (χ2v) is 4.94. The first-order valence-electron chi connectivity index (χ1n) is 6.77. The molecule has 0 spiro atoms. The van der Waals surface area contributed by atoms with Crippen molar-refractivity contribution in [3.05, 3.63) is 23.8 Å². The highest BCUT2D eigenvalue weighted by molar-refractivity contribution is 5.43. The lowest BCUT2D eigenvalue weighted by Gasteiger charge is -2.32. The van der Waals surface area contributed by atoms with Gasteiger partial charge in [0.25, 0.3) is 0 Å². The molecular formula is C14H20N2O3. The Morgan fingerprint density at radius 1 is 1.16 bits per heavy atom. The number of fused-ring (bicyclic) bond motifs is 1. The van der Waals surface area contributed by atoms with Crippen LogP contribution in [0.1, 0.15) is 5.56 Å². The normalized spacial score (nSPS) is 23.3. The van der Waals surface area contributed by atoms with Crippen LogP contribution in [-0.4, -0.2) is 50.5 Å². The number of nitrogens with two attached hydrogens (primary N) is 1. The molecule has 3 rings (SSSR count). The Balaban J connectivity index is 1.66. The standard InChI is InChI=1S/C14H20N2O3/c15-8-12-10-16(3-4-17-12)9-11-1-2-13-14(7-11)19-6-5-18-13/h1-2,7,12H,3-6,8-10,15H2. The predicted molar refractivity (Wildman–Crippen MR) is 71.5 cm³/mol. The van der Waals surface area contributed by atoms with Gasteiger partial charge in [0.05, 0.1) is 12.7 Å². The van der Waals surface area contributed by atoms with Crippen molar-refractivity contribution in [2.45, 2.75) is 12.6 Å². The zero-order valence-corrected chi connectivity index (χ0v) is 11.0. The Morgan fingerprint density at radius 2 is 2.00 bits per heavy atom. The van der Waals surface area contributed by atoms with Crippen LogP contribution in [0.4, 0.5) is 0 Å². The van der Waals surface area contributed by atoms with Crippen LogP contribution < -0.4 is 15.2 Å². The van der Waals surface area contributed by atoms with Crippen LogP contribution >= 0.6 is 0 Å². The summed E-state index contributed by atoms with van der Waals surface area (Å²) < 4.78 is 16.7. The van der Waals surface area contributed by atoms with Gasteiger partial charge in [-0.2, -0.15) is 0 Å². The molecule has 1 atom stereocenters. The highest BCUT2D eigenvalue weighted by Crippen LogP contribution is 2.31. The van der Waals surface area contributed by atoms with Crippen molar-refractivity contribution in [2.24, 2.45) is 5.73 Å². The molecule has 2 heterocycles. The first kappa shape index (κ1) is 12.7. The lowest BCUT2D eigenvalue weighted by atomic mass is 10.1. The molecule has 19 heavy (non-hydrogen) atoms. The van der Waals surface area contributed by atoms with Gasteiger partial charge in [0, 0.05) is 26.2 Å². The first-order chi connectivity index (χ1) is 9.35. The molecule has 0 radical (unpaired) electrons. The minimum Gasteiger partial charge on any atom is -0.486 e. The molecule has 2 N–H and O–H groups in total. The van der Waals surface area contributed by atoms with E-state index in [1.807, 2.05) is 6.07 Å². The minimum atomic E-state index is 0.158. The Hall–Kier alpha value is -1.30. The van der Waals surface area contributed by atoms with E-state index in [-0.39, 0.29) is 6.10 Å². The fraction of sp³-hybridized carbons (Fsp3) is 0.571. The number of ether oxygens (including phenoxy) is 3. The Labute approximate surface area is 113 Å². The Morgan fingerprint density at radius 3 is 2.84 bits per heavy atom. The number of nitrogens with zero attached hydrogens (tertiary/aromatic N) is 1. The molecule has 5 nitrogen and oxygen atoms in total. The summed E-state index contributed by atoms with van der Waals surface area (Å²) in [6, 6.07) is 6.16. The van der Waals surface area contributed by atoms with Crippen LogP contribution in [0, 0.1) is 0 Å². The zero-order valence-electron chi connectivity index (χ0n) is 11.0. The van der Waals surface area contributed by atoms with Gasteiger partial charge in [-0.15, -0.1) is 0 Å². The quantitative estimate of drug-likeness (QED) is 0.867. The van der Waals surface area contributed by atoms with Gasteiger partial charge in [-0.25, -0.2) is 0 Å². The summed E-state index contributed by atoms with van der Waals surface area (Å²) >= 11 is 0. The highest BCUT2D eigenvalue weighted by Gasteiger charge is 2.20. The van der Waals surface area contributed by atoms with Crippen LogP contribution in [0.2, 0.25) is 0 Å². The van der Waals surface area contributed by atoms with Crippen molar-refractivity contribution in [1.29, 1.82) is 0 Å². The third kappa shape index (κ3) is 3.00. The maximum absolute atomic E-state index is 5.66. The second-order valence-electron chi connectivity index (χ2n) is 4.94. The fourth-order valence-electron chi connectivity index (χ4n) is 2.51. The number of hydrogen-bond acceptors (Lipinski definition) is 5. The van der Waals surface area contributed by atoms with E-state index in [0.717, 1.165) is 37.7 Å². The molecule has 0 aliphatic carbocycles. The number of hydrogen-bond donors (Lipinski definition) is 1. The number of rotatable bonds is 3. The smallest absolute Gasteiger partial charge is 0.161 e. The van der Waals surface area contributed by atoms with Gasteiger partial charge in [-0.3, -0.25) is 4.90 Å². The fourth-order valence-corrected chi connectivity index (χ4v) is 2.51. The molecule has 0 saturated carbocycles. The van der Waals surface area contributed by atoms with Crippen molar-refractivity contribution in [3.63, 3.8) is 0 Å². The van der Waals surface area contributed by atoms with Crippen LogP contribution in [0.5, 0.6) is 11.5 Å². The summed E-state index contributed by atoms with van der Waals surface area (Å²) in [5.74, 6) is 1.70. The summed E-state index contributed by atoms with van der Waals surface area (Å²) in [6.07, 6.45) is 0.158. The lowest BCUT2D eigenvalue weighted by molar-refractivity contribution is -0.0260. The van der Waals surface area contributed by atoms with Crippen molar-refractivity contribution < 1.29 is 14.2 Å². The molecule has 104 valence electrons. The van der Waals surface area contributed by atoms with Gasteiger partial charge >= 0.3 is 0 Å². The van der Waals surface area contributed by atoms with E-state index in [1.165, 1.54) is 5.56 Å². The molecule has 1 fully saturated rings. The van der Waals surface area contributed by atoms with Gasteiger partial charge < -0.3 is 19.9 Å². The van der Waals surface area contributed by atoms with E-state index in [1.54, 1.807) is 0 Å². The zero-order chi connectivity index (χ0) is 13.1. The molecule has 1 aromatic rings. The van der Waals surface area contributed by atoms with Gasteiger partial charge in [-0.05, 0) is 17.7 Å². The number of morpholine rings is 1. The van der Waals surface area contributed by atoms with E-state index in [2.05, 4.69) is 17.0 Å². The minimum absolute atomic E-state index is 0.158. The first-order valence-corrected chi connectivity index (χ1v) is 6.77.